The van der Waals surface area contributed by atoms with Crippen LogP contribution in [-0.4, -0.2) is 29.1 Å². The largest absolute Gasteiger partial charge is 0.423 e. The molecule has 1 atom stereocenters. The Labute approximate surface area is 155 Å². The molecule has 1 rings (SSSR count). The molecule has 0 radical (unpaired) electrons. The molecule has 0 aliphatic rings. The van der Waals surface area contributed by atoms with Gasteiger partial charge in [0.2, 0.25) is 0 Å². The van der Waals surface area contributed by atoms with Crippen molar-refractivity contribution in [3.8, 4) is 11.5 Å². The standard InChI is InChI=1S/C20H31NO5/c1-6-8-18(23)25-16-11-10-14(15(22)13-21-20(3,4)5)12-17(16)26-19(24)9-7-2/h10-12,15,21-22H,6-9,13H2,1-5H3. The van der Waals surface area contributed by atoms with Gasteiger partial charge >= 0.3 is 11.9 Å². The highest BCUT2D eigenvalue weighted by atomic mass is 16.6. The zero-order chi connectivity index (χ0) is 19.7. The third-order valence-corrected chi connectivity index (χ3v) is 3.53. The van der Waals surface area contributed by atoms with Gasteiger partial charge in [0.1, 0.15) is 0 Å². The molecule has 0 aliphatic carbocycles. The minimum absolute atomic E-state index is 0.132. The van der Waals surface area contributed by atoms with E-state index in [4.69, 9.17) is 9.47 Å². The zero-order valence-electron chi connectivity index (χ0n) is 16.4. The second-order valence-electron chi connectivity index (χ2n) is 7.30. The number of rotatable bonds is 9. The molecule has 6 nitrogen and oxygen atoms in total. The van der Waals surface area contributed by atoms with Crippen molar-refractivity contribution < 1.29 is 24.2 Å². The molecule has 0 aliphatic heterocycles. The summed E-state index contributed by atoms with van der Waals surface area (Å²) < 4.78 is 10.7. The van der Waals surface area contributed by atoms with Crippen molar-refractivity contribution >= 4 is 11.9 Å². The highest BCUT2D eigenvalue weighted by molar-refractivity contribution is 5.76. The third kappa shape index (κ3) is 7.97. The first-order valence-electron chi connectivity index (χ1n) is 9.14. The van der Waals surface area contributed by atoms with E-state index >= 15 is 0 Å². The number of benzene rings is 1. The molecular formula is C20H31NO5. The van der Waals surface area contributed by atoms with Crippen molar-refractivity contribution in [3.05, 3.63) is 23.8 Å². The number of nitrogens with one attached hydrogen (secondary N) is 1. The fraction of sp³-hybridized carbons (Fsp3) is 0.600. The molecule has 0 fully saturated rings. The van der Waals surface area contributed by atoms with Crippen LogP contribution in [0.2, 0.25) is 0 Å². The molecule has 1 unspecified atom stereocenters. The van der Waals surface area contributed by atoms with Crippen molar-refractivity contribution in [1.29, 1.82) is 0 Å². The number of aliphatic hydroxyl groups excluding tert-OH is 1. The molecule has 26 heavy (non-hydrogen) atoms. The van der Waals surface area contributed by atoms with Crippen LogP contribution in [0.25, 0.3) is 0 Å². The van der Waals surface area contributed by atoms with Crippen LogP contribution in [0.3, 0.4) is 0 Å². The normalized spacial score (nSPS) is 12.5. The average Bonchev–Trinajstić information content (AvgIpc) is 2.54. The molecule has 0 bridgehead atoms. The molecule has 1 aromatic carbocycles. The minimum atomic E-state index is -0.779. The van der Waals surface area contributed by atoms with Gasteiger partial charge in [0.15, 0.2) is 11.5 Å². The smallest absolute Gasteiger partial charge is 0.311 e. The summed E-state index contributed by atoms with van der Waals surface area (Å²) in [6.07, 6.45) is 1.09. The summed E-state index contributed by atoms with van der Waals surface area (Å²) in [5.41, 5.74) is 0.448. The fourth-order valence-corrected chi connectivity index (χ4v) is 2.17. The quantitative estimate of drug-likeness (QED) is 0.514. The van der Waals surface area contributed by atoms with Gasteiger partial charge in [-0.2, -0.15) is 0 Å². The molecule has 0 aromatic heterocycles. The number of hydrogen-bond donors (Lipinski definition) is 2. The maximum atomic E-state index is 11.9. The zero-order valence-corrected chi connectivity index (χ0v) is 16.4. The Bertz CT molecular complexity index is 607. The van der Waals surface area contributed by atoms with Crippen molar-refractivity contribution in [2.24, 2.45) is 0 Å². The van der Waals surface area contributed by atoms with E-state index in [1.165, 1.54) is 0 Å². The van der Waals surface area contributed by atoms with Crippen LogP contribution in [0.1, 0.15) is 72.0 Å². The summed E-state index contributed by atoms with van der Waals surface area (Å²) >= 11 is 0. The summed E-state index contributed by atoms with van der Waals surface area (Å²) in [4.78, 5) is 23.7. The maximum Gasteiger partial charge on any atom is 0.311 e. The summed E-state index contributed by atoms with van der Waals surface area (Å²) in [7, 11) is 0. The van der Waals surface area contributed by atoms with Crippen LogP contribution < -0.4 is 14.8 Å². The van der Waals surface area contributed by atoms with Crippen molar-refractivity contribution in [1.82, 2.24) is 5.32 Å². The number of carbonyl (C=O) groups is 2. The van der Waals surface area contributed by atoms with E-state index in [1.54, 1.807) is 18.2 Å². The van der Waals surface area contributed by atoms with Gasteiger partial charge in [-0.3, -0.25) is 9.59 Å². The lowest BCUT2D eigenvalue weighted by atomic mass is 10.1. The molecule has 0 spiro atoms. The molecule has 2 N–H and O–H groups in total. The van der Waals surface area contributed by atoms with Gasteiger partial charge < -0.3 is 19.9 Å². The Hall–Kier alpha value is -1.92. The van der Waals surface area contributed by atoms with Gasteiger partial charge in [-0.15, -0.1) is 0 Å². The molecule has 0 saturated heterocycles. The first-order valence-corrected chi connectivity index (χ1v) is 9.14. The first-order chi connectivity index (χ1) is 12.2. The van der Waals surface area contributed by atoms with Gasteiger partial charge in [0.25, 0.3) is 0 Å². The van der Waals surface area contributed by atoms with E-state index in [-0.39, 0.29) is 35.8 Å². The summed E-state index contributed by atoms with van der Waals surface area (Å²) in [5.74, 6) is -0.449. The molecular weight excluding hydrogens is 334 g/mol. The number of β-amino-alcohol motifs (C(OH)–C–C–N with tert-alkyl or cyclic N) is 1. The van der Waals surface area contributed by atoms with E-state index in [9.17, 15) is 14.7 Å². The lowest BCUT2D eigenvalue weighted by molar-refractivity contribution is -0.137. The number of hydrogen-bond acceptors (Lipinski definition) is 6. The summed E-state index contributed by atoms with van der Waals surface area (Å²) in [6, 6.07) is 4.77. The average molecular weight is 365 g/mol. The predicted octanol–water partition coefficient (Wildman–Crippen LogP) is 3.52. The molecule has 0 amide bonds. The number of ether oxygens (including phenoxy) is 2. The molecule has 6 heteroatoms. The third-order valence-electron chi connectivity index (χ3n) is 3.53. The SMILES string of the molecule is CCCC(=O)Oc1ccc(C(O)CNC(C)(C)C)cc1OC(=O)CCC. The van der Waals surface area contributed by atoms with Crippen LogP contribution >= 0.6 is 0 Å². The van der Waals surface area contributed by atoms with E-state index in [1.807, 2.05) is 34.6 Å². The lowest BCUT2D eigenvalue weighted by Gasteiger charge is -2.23. The highest BCUT2D eigenvalue weighted by Crippen LogP contribution is 2.31. The van der Waals surface area contributed by atoms with Crippen LogP contribution in [-0.2, 0) is 9.59 Å². The van der Waals surface area contributed by atoms with Crippen molar-refractivity contribution in [2.75, 3.05) is 6.54 Å². The van der Waals surface area contributed by atoms with E-state index < -0.39 is 12.1 Å². The van der Waals surface area contributed by atoms with E-state index in [0.29, 0.717) is 24.9 Å². The second kappa shape index (κ2) is 10.3. The highest BCUT2D eigenvalue weighted by Gasteiger charge is 2.18. The predicted molar refractivity (Wildman–Crippen MR) is 100 cm³/mol. The number of carbonyl (C=O) groups excluding carboxylic acids is 2. The molecule has 1 aromatic rings. The monoisotopic (exact) mass is 365 g/mol. The van der Waals surface area contributed by atoms with Crippen LogP contribution in [0.4, 0.5) is 0 Å². The Kier molecular flexibility index (Phi) is 8.75. The van der Waals surface area contributed by atoms with Crippen molar-refractivity contribution in [2.45, 2.75) is 71.9 Å². The Morgan fingerprint density at radius 2 is 1.58 bits per heavy atom. The van der Waals surface area contributed by atoms with E-state index in [0.717, 1.165) is 0 Å². The van der Waals surface area contributed by atoms with E-state index in [2.05, 4.69) is 5.32 Å². The summed E-state index contributed by atoms with van der Waals surface area (Å²) in [5, 5.41) is 13.6. The van der Waals surface area contributed by atoms with Gasteiger partial charge in [-0.1, -0.05) is 19.9 Å². The molecule has 0 heterocycles. The first kappa shape index (κ1) is 22.1. The van der Waals surface area contributed by atoms with Crippen molar-refractivity contribution in [3.63, 3.8) is 0 Å². The Balaban J connectivity index is 3.00. The van der Waals surface area contributed by atoms with Gasteiger partial charge in [0.05, 0.1) is 6.10 Å². The maximum absolute atomic E-state index is 11.9. The van der Waals surface area contributed by atoms with Gasteiger partial charge in [-0.25, -0.2) is 0 Å². The second-order valence-corrected chi connectivity index (χ2v) is 7.30. The van der Waals surface area contributed by atoms with Crippen LogP contribution in [0.15, 0.2) is 18.2 Å². The summed E-state index contributed by atoms with van der Waals surface area (Å²) in [6.45, 7) is 10.1. The minimum Gasteiger partial charge on any atom is -0.423 e. The Morgan fingerprint density at radius 3 is 2.08 bits per heavy atom. The fourth-order valence-electron chi connectivity index (χ4n) is 2.17. The Morgan fingerprint density at radius 1 is 1.04 bits per heavy atom. The molecule has 146 valence electrons. The number of esters is 2. The van der Waals surface area contributed by atoms with Gasteiger partial charge in [0, 0.05) is 24.9 Å². The lowest BCUT2D eigenvalue weighted by Crippen LogP contribution is -2.38. The van der Waals surface area contributed by atoms with Gasteiger partial charge in [-0.05, 0) is 51.3 Å². The number of aliphatic hydroxyl groups is 1. The molecule has 0 saturated carbocycles. The topological polar surface area (TPSA) is 84.9 Å². The van der Waals surface area contributed by atoms with Crippen LogP contribution in [0, 0.1) is 0 Å². The van der Waals surface area contributed by atoms with Crippen LogP contribution in [0.5, 0.6) is 11.5 Å².